The maximum atomic E-state index is 6.20. The van der Waals surface area contributed by atoms with Crippen molar-refractivity contribution in [2.75, 3.05) is 0 Å². The number of hydrogen-bond donors (Lipinski definition) is 0. The zero-order valence-corrected chi connectivity index (χ0v) is 21.0. The minimum Gasteiger partial charge on any atom is -0.427 e. The van der Waals surface area contributed by atoms with Crippen molar-refractivity contribution in [3.63, 3.8) is 0 Å². The van der Waals surface area contributed by atoms with E-state index in [2.05, 4.69) is 66.2 Å². The average molecular weight is 494 g/mol. The molecule has 38 heavy (non-hydrogen) atoms. The third-order valence-corrected chi connectivity index (χ3v) is 7.00. The van der Waals surface area contributed by atoms with Gasteiger partial charge in [-0.2, -0.15) is 4.57 Å². The van der Waals surface area contributed by atoms with Crippen LogP contribution in [0.2, 0.25) is 0 Å². The summed E-state index contributed by atoms with van der Waals surface area (Å²) in [5.74, 6) is 2.90. The third kappa shape index (κ3) is 3.80. The van der Waals surface area contributed by atoms with Gasteiger partial charge in [-0.05, 0) is 35.4 Å². The summed E-state index contributed by atoms with van der Waals surface area (Å²) in [6.45, 7) is 2.15. The summed E-state index contributed by atoms with van der Waals surface area (Å²) in [5, 5.41) is 1.17. The molecule has 1 aliphatic heterocycles. The molecule has 0 saturated carbocycles. The maximum Gasteiger partial charge on any atom is 0.302 e. The fraction of sp³-hybridized carbons (Fsp3) is 0.0909. The largest absolute Gasteiger partial charge is 0.427 e. The number of aromatic nitrogens is 4. The molecule has 0 amide bonds. The fourth-order valence-electron chi connectivity index (χ4n) is 5.16. The Kier molecular flexibility index (Phi) is 5.40. The Bertz CT molecular complexity index is 1730. The molecule has 4 aromatic carbocycles. The van der Waals surface area contributed by atoms with Gasteiger partial charge in [-0.1, -0.05) is 85.8 Å². The molecule has 182 valence electrons. The van der Waals surface area contributed by atoms with E-state index >= 15 is 0 Å². The van der Waals surface area contributed by atoms with Crippen molar-refractivity contribution in [1.29, 1.82) is 0 Å². The highest BCUT2D eigenvalue weighted by Gasteiger charge is 2.32. The smallest absolute Gasteiger partial charge is 0.302 e. The van der Waals surface area contributed by atoms with Crippen LogP contribution in [0.1, 0.15) is 19.6 Å². The SMILES string of the molecule is CCC1Oc2ccc(-c3cccc(-c4nc(-c5ccccc5)nc(-c5ccccc5)n4)c3)c3ccc[n+]1c23. The van der Waals surface area contributed by atoms with E-state index in [0.29, 0.717) is 17.5 Å². The molecule has 1 atom stereocenters. The Morgan fingerprint density at radius 1 is 0.632 bits per heavy atom. The van der Waals surface area contributed by atoms with Crippen molar-refractivity contribution in [1.82, 2.24) is 15.0 Å². The first-order valence-electron chi connectivity index (χ1n) is 12.9. The molecule has 0 bridgehead atoms. The van der Waals surface area contributed by atoms with Crippen molar-refractivity contribution in [3.8, 4) is 51.0 Å². The molecular formula is C33H25N4O+. The minimum atomic E-state index is 0.0355. The first-order chi connectivity index (χ1) is 18.8. The highest BCUT2D eigenvalue weighted by atomic mass is 16.5. The summed E-state index contributed by atoms with van der Waals surface area (Å²) in [5.41, 5.74) is 6.26. The van der Waals surface area contributed by atoms with Crippen molar-refractivity contribution in [3.05, 3.63) is 115 Å². The Morgan fingerprint density at radius 3 is 1.89 bits per heavy atom. The second-order valence-electron chi connectivity index (χ2n) is 9.39. The standard InChI is InChI=1S/C33H25N4O/c1-2-29-37-20-10-17-27-26(18-19-28(38-29)30(27)37)24-15-9-16-25(21-24)33-35-31(22-11-5-3-6-12-22)34-32(36-33)23-13-7-4-8-14-23/h3-21,29H,2H2,1H3/q+1. The zero-order valence-electron chi connectivity index (χ0n) is 21.0. The Balaban J connectivity index is 1.38. The topological polar surface area (TPSA) is 51.8 Å². The van der Waals surface area contributed by atoms with Crippen LogP contribution in [0.5, 0.6) is 5.75 Å². The lowest BCUT2D eigenvalue weighted by atomic mass is 9.98. The van der Waals surface area contributed by atoms with E-state index in [1.54, 1.807) is 0 Å². The third-order valence-electron chi connectivity index (χ3n) is 7.00. The van der Waals surface area contributed by atoms with E-state index < -0.39 is 0 Å². The number of benzene rings is 4. The van der Waals surface area contributed by atoms with Crippen molar-refractivity contribution < 1.29 is 9.30 Å². The molecular weight excluding hydrogens is 468 g/mol. The molecule has 2 aromatic heterocycles. The summed E-state index contributed by atoms with van der Waals surface area (Å²) in [6.07, 6.45) is 3.05. The van der Waals surface area contributed by atoms with E-state index in [1.165, 1.54) is 5.39 Å². The van der Waals surface area contributed by atoms with Gasteiger partial charge in [0.25, 0.3) is 5.52 Å². The second kappa shape index (κ2) is 9.20. The fourth-order valence-corrected chi connectivity index (χ4v) is 5.16. The lowest BCUT2D eigenvalue weighted by Gasteiger charge is -2.10. The van der Waals surface area contributed by atoms with E-state index in [-0.39, 0.29) is 6.23 Å². The lowest BCUT2D eigenvalue weighted by Crippen LogP contribution is -2.37. The van der Waals surface area contributed by atoms with Crippen LogP contribution < -0.4 is 9.30 Å². The first-order valence-corrected chi connectivity index (χ1v) is 12.9. The van der Waals surface area contributed by atoms with Gasteiger partial charge >= 0.3 is 6.23 Å². The normalized spacial score (nSPS) is 14.0. The van der Waals surface area contributed by atoms with Crippen LogP contribution in [-0.2, 0) is 0 Å². The minimum absolute atomic E-state index is 0.0355. The highest BCUT2D eigenvalue weighted by molar-refractivity contribution is 5.97. The van der Waals surface area contributed by atoms with Crippen LogP contribution in [0.4, 0.5) is 0 Å². The summed E-state index contributed by atoms with van der Waals surface area (Å²) in [7, 11) is 0. The van der Waals surface area contributed by atoms with Gasteiger partial charge in [0.05, 0.1) is 5.39 Å². The van der Waals surface area contributed by atoms with Gasteiger partial charge in [0.2, 0.25) is 0 Å². The molecule has 6 aromatic rings. The van der Waals surface area contributed by atoms with Crippen LogP contribution in [0, 0.1) is 0 Å². The van der Waals surface area contributed by atoms with Gasteiger partial charge in [-0.25, -0.2) is 15.0 Å². The van der Waals surface area contributed by atoms with E-state index in [1.807, 2.05) is 60.7 Å². The maximum absolute atomic E-state index is 6.20. The Morgan fingerprint density at radius 2 is 1.24 bits per heavy atom. The molecule has 1 aliphatic rings. The highest BCUT2D eigenvalue weighted by Crippen LogP contribution is 2.38. The van der Waals surface area contributed by atoms with Gasteiger partial charge < -0.3 is 4.74 Å². The quantitative estimate of drug-likeness (QED) is 0.237. The predicted molar refractivity (Wildman–Crippen MR) is 149 cm³/mol. The van der Waals surface area contributed by atoms with Crippen LogP contribution in [0.25, 0.3) is 56.2 Å². The zero-order chi connectivity index (χ0) is 25.5. The number of ether oxygens (including phenoxy) is 1. The van der Waals surface area contributed by atoms with Crippen molar-refractivity contribution >= 4 is 10.9 Å². The van der Waals surface area contributed by atoms with Crippen LogP contribution in [-0.4, -0.2) is 15.0 Å². The lowest BCUT2D eigenvalue weighted by molar-refractivity contribution is -0.719. The Hall–Kier alpha value is -4.90. The molecule has 0 fully saturated rings. The summed E-state index contributed by atoms with van der Waals surface area (Å²) < 4.78 is 8.44. The van der Waals surface area contributed by atoms with Crippen LogP contribution in [0.3, 0.4) is 0 Å². The van der Waals surface area contributed by atoms with Gasteiger partial charge in [0.15, 0.2) is 29.4 Å². The first kappa shape index (κ1) is 22.3. The molecule has 3 heterocycles. The molecule has 0 saturated heterocycles. The van der Waals surface area contributed by atoms with E-state index in [9.17, 15) is 0 Å². The molecule has 5 nitrogen and oxygen atoms in total. The number of rotatable bonds is 5. The molecule has 0 radical (unpaired) electrons. The summed E-state index contributed by atoms with van der Waals surface area (Å²) in [4.78, 5) is 14.6. The van der Waals surface area contributed by atoms with Gasteiger partial charge in [0.1, 0.15) is 0 Å². The second-order valence-corrected chi connectivity index (χ2v) is 9.39. The molecule has 7 rings (SSSR count). The monoisotopic (exact) mass is 493 g/mol. The van der Waals surface area contributed by atoms with Gasteiger partial charge in [0, 0.05) is 29.2 Å². The molecule has 1 unspecified atom stereocenters. The molecule has 0 N–H and O–H groups in total. The van der Waals surface area contributed by atoms with Crippen LogP contribution in [0.15, 0.2) is 115 Å². The molecule has 0 spiro atoms. The molecule has 5 heteroatoms. The molecule has 0 aliphatic carbocycles. The summed E-state index contributed by atoms with van der Waals surface area (Å²) >= 11 is 0. The van der Waals surface area contributed by atoms with E-state index in [4.69, 9.17) is 19.7 Å². The number of nitrogens with zero attached hydrogens (tertiary/aromatic N) is 4. The van der Waals surface area contributed by atoms with Gasteiger partial charge in [-0.15, -0.1) is 0 Å². The number of hydrogen-bond acceptors (Lipinski definition) is 4. The van der Waals surface area contributed by atoms with Crippen molar-refractivity contribution in [2.24, 2.45) is 0 Å². The predicted octanol–water partition coefficient (Wildman–Crippen LogP) is 7.28. The summed E-state index contributed by atoms with van der Waals surface area (Å²) in [6, 6.07) is 37.1. The Labute approximate surface area is 221 Å². The van der Waals surface area contributed by atoms with E-state index in [0.717, 1.165) is 45.5 Å². The van der Waals surface area contributed by atoms with Crippen LogP contribution >= 0.6 is 0 Å². The van der Waals surface area contributed by atoms with Crippen molar-refractivity contribution in [2.45, 2.75) is 19.6 Å². The average Bonchev–Trinajstić information content (AvgIpc) is 3.37. The van der Waals surface area contributed by atoms with Gasteiger partial charge in [-0.3, -0.25) is 0 Å². The number of pyridine rings is 1.